The fraction of sp³-hybridized carbons (Fsp3) is 0.462. The van der Waals surface area contributed by atoms with Gasteiger partial charge < -0.3 is 15.8 Å². The highest BCUT2D eigenvalue weighted by Crippen LogP contribution is 2.31. The lowest BCUT2D eigenvalue weighted by molar-refractivity contribution is 0.415. The highest BCUT2D eigenvalue weighted by Gasteiger charge is 2.23. The number of hydrogen-bond acceptors (Lipinski definition) is 4. The van der Waals surface area contributed by atoms with E-state index < -0.39 is 0 Å². The van der Waals surface area contributed by atoms with Crippen molar-refractivity contribution in [3.8, 4) is 11.8 Å². The van der Waals surface area contributed by atoms with Crippen LogP contribution in [0.2, 0.25) is 0 Å². The van der Waals surface area contributed by atoms with Crippen molar-refractivity contribution in [2.45, 2.75) is 31.3 Å². The summed E-state index contributed by atoms with van der Waals surface area (Å²) in [7, 11) is 1.61. The van der Waals surface area contributed by atoms with Crippen LogP contribution in [0.3, 0.4) is 0 Å². The fourth-order valence-corrected chi connectivity index (χ4v) is 2.29. The van der Waals surface area contributed by atoms with Crippen molar-refractivity contribution in [2.75, 3.05) is 12.4 Å². The minimum atomic E-state index is 0.271. The lowest BCUT2D eigenvalue weighted by atomic mass is 10.1. The maximum absolute atomic E-state index is 9.09. The van der Waals surface area contributed by atoms with Crippen LogP contribution in [0.5, 0.6) is 5.75 Å². The van der Waals surface area contributed by atoms with Crippen molar-refractivity contribution in [3.63, 3.8) is 0 Å². The van der Waals surface area contributed by atoms with E-state index in [-0.39, 0.29) is 6.04 Å². The number of anilines is 1. The zero-order valence-corrected chi connectivity index (χ0v) is 9.94. The van der Waals surface area contributed by atoms with Crippen molar-refractivity contribution in [1.29, 1.82) is 5.26 Å². The minimum absolute atomic E-state index is 0.271. The number of nitriles is 1. The first kappa shape index (κ1) is 11.7. The molecule has 1 saturated carbocycles. The largest absolute Gasteiger partial charge is 0.495 e. The Morgan fingerprint density at radius 3 is 2.88 bits per heavy atom. The van der Waals surface area contributed by atoms with E-state index in [0.29, 0.717) is 17.4 Å². The van der Waals surface area contributed by atoms with Crippen molar-refractivity contribution in [3.05, 3.63) is 23.8 Å². The summed E-state index contributed by atoms with van der Waals surface area (Å²) in [5.41, 5.74) is 7.29. The zero-order valence-electron chi connectivity index (χ0n) is 9.94. The molecule has 2 unspecified atom stereocenters. The molecular formula is C13H17N3O. The first-order valence-corrected chi connectivity index (χ1v) is 5.83. The summed E-state index contributed by atoms with van der Waals surface area (Å²) in [6, 6.07) is 8.27. The molecule has 90 valence electrons. The molecule has 1 aliphatic rings. The van der Waals surface area contributed by atoms with E-state index in [1.807, 2.05) is 12.1 Å². The highest BCUT2D eigenvalue weighted by atomic mass is 16.5. The maximum atomic E-state index is 9.09. The highest BCUT2D eigenvalue weighted by molar-refractivity contribution is 5.66. The van der Waals surface area contributed by atoms with Crippen molar-refractivity contribution in [1.82, 2.24) is 0 Å². The van der Waals surface area contributed by atoms with Gasteiger partial charge in [0.2, 0.25) is 0 Å². The first-order chi connectivity index (χ1) is 8.24. The van der Waals surface area contributed by atoms with E-state index in [1.54, 1.807) is 13.2 Å². The van der Waals surface area contributed by atoms with Crippen LogP contribution in [0, 0.1) is 11.3 Å². The summed E-state index contributed by atoms with van der Waals surface area (Å²) in [6.07, 6.45) is 3.03. The van der Waals surface area contributed by atoms with Crippen LogP contribution >= 0.6 is 0 Å². The Labute approximate surface area is 101 Å². The number of para-hydroxylation sites is 1. The SMILES string of the molecule is COc1cccc(C#N)c1NC1CCC(N)C1. The van der Waals surface area contributed by atoms with Gasteiger partial charge in [0.1, 0.15) is 11.8 Å². The van der Waals surface area contributed by atoms with Crippen LogP contribution in [0.15, 0.2) is 18.2 Å². The predicted molar refractivity (Wildman–Crippen MR) is 66.9 cm³/mol. The summed E-state index contributed by atoms with van der Waals surface area (Å²) in [4.78, 5) is 0. The van der Waals surface area contributed by atoms with Gasteiger partial charge in [0, 0.05) is 12.1 Å². The fourth-order valence-electron chi connectivity index (χ4n) is 2.29. The normalized spacial score (nSPS) is 23.1. The quantitative estimate of drug-likeness (QED) is 0.833. The number of rotatable bonds is 3. The Morgan fingerprint density at radius 1 is 1.47 bits per heavy atom. The lowest BCUT2D eigenvalue weighted by Crippen LogP contribution is -2.21. The molecule has 0 radical (unpaired) electrons. The summed E-state index contributed by atoms with van der Waals surface area (Å²) >= 11 is 0. The van der Waals surface area contributed by atoms with Crippen LogP contribution in [-0.2, 0) is 0 Å². The summed E-state index contributed by atoms with van der Waals surface area (Å²) in [5.74, 6) is 0.713. The Hall–Kier alpha value is -1.73. The monoisotopic (exact) mass is 231 g/mol. The molecule has 0 saturated heterocycles. The molecule has 0 amide bonds. The summed E-state index contributed by atoms with van der Waals surface area (Å²) in [6.45, 7) is 0. The average molecular weight is 231 g/mol. The Bertz CT molecular complexity index is 439. The Balaban J connectivity index is 2.22. The van der Waals surface area contributed by atoms with Crippen molar-refractivity contribution in [2.24, 2.45) is 5.73 Å². The molecule has 1 aromatic carbocycles. The second-order valence-electron chi connectivity index (χ2n) is 4.41. The van der Waals surface area contributed by atoms with Gasteiger partial charge in [-0.25, -0.2) is 0 Å². The van der Waals surface area contributed by atoms with Crippen LogP contribution in [0.4, 0.5) is 5.69 Å². The minimum Gasteiger partial charge on any atom is -0.495 e. The van der Waals surface area contributed by atoms with E-state index in [4.69, 9.17) is 15.7 Å². The number of nitrogens with zero attached hydrogens (tertiary/aromatic N) is 1. The number of nitrogens with one attached hydrogen (secondary N) is 1. The molecule has 3 N–H and O–H groups in total. The Kier molecular flexibility index (Phi) is 3.50. The molecular weight excluding hydrogens is 214 g/mol. The van der Waals surface area contributed by atoms with Gasteiger partial charge in [-0.05, 0) is 31.4 Å². The second-order valence-corrected chi connectivity index (χ2v) is 4.41. The molecule has 4 nitrogen and oxygen atoms in total. The number of methoxy groups -OCH3 is 1. The molecule has 0 aliphatic heterocycles. The van der Waals surface area contributed by atoms with Gasteiger partial charge in [0.15, 0.2) is 0 Å². The molecule has 1 fully saturated rings. The van der Waals surface area contributed by atoms with E-state index in [9.17, 15) is 0 Å². The second kappa shape index (κ2) is 5.07. The van der Waals surface area contributed by atoms with Crippen LogP contribution < -0.4 is 15.8 Å². The number of nitrogens with two attached hydrogens (primary N) is 1. The molecule has 17 heavy (non-hydrogen) atoms. The standard InChI is InChI=1S/C13H17N3O/c1-17-12-4-2-3-9(8-14)13(12)16-11-6-5-10(15)7-11/h2-4,10-11,16H,5-7,15H2,1H3. The van der Waals surface area contributed by atoms with Gasteiger partial charge in [-0.3, -0.25) is 0 Å². The molecule has 2 rings (SSSR count). The first-order valence-electron chi connectivity index (χ1n) is 5.83. The van der Waals surface area contributed by atoms with Crippen molar-refractivity contribution < 1.29 is 4.74 Å². The number of benzene rings is 1. The van der Waals surface area contributed by atoms with E-state index in [0.717, 1.165) is 24.9 Å². The number of ether oxygens (including phenoxy) is 1. The molecule has 4 heteroatoms. The summed E-state index contributed by atoms with van der Waals surface area (Å²) < 4.78 is 5.28. The van der Waals surface area contributed by atoms with Gasteiger partial charge in [0.05, 0.1) is 18.4 Å². The third-order valence-electron chi connectivity index (χ3n) is 3.19. The van der Waals surface area contributed by atoms with Gasteiger partial charge in [0.25, 0.3) is 0 Å². The molecule has 0 spiro atoms. The van der Waals surface area contributed by atoms with Crippen molar-refractivity contribution >= 4 is 5.69 Å². The molecule has 0 bridgehead atoms. The molecule has 1 aliphatic carbocycles. The molecule has 0 heterocycles. The smallest absolute Gasteiger partial charge is 0.143 e. The van der Waals surface area contributed by atoms with E-state index in [2.05, 4.69) is 11.4 Å². The van der Waals surface area contributed by atoms with Gasteiger partial charge in [-0.15, -0.1) is 0 Å². The molecule has 1 aromatic rings. The van der Waals surface area contributed by atoms with Gasteiger partial charge in [-0.2, -0.15) is 5.26 Å². The number of hydrogen-bond donors (Lipinski definition) is 2. The van der Waals surface area contributed by atoms with Gasteiger partial charge >= 0.3 is 0 Å². The van der Waals surface area contributed by atoms with E-state index >= 15 is 0 Å². The molecule has 0 aromatic heterocycles. The van der Waals surface area contributed by atoms with Crippen LogP contribution in [0.25, 0.3) is 0 Å². The van der Waals surface area contributed by atoms with E-state index in [1.165, 1.54) is 0 Å². The Morgan fingerprint density at radius 2 is 2.29 bits per heavy atom. The predicted octanol–water partition coefficient (Wildman–Crippen LogP) is 1.86. The average Bonchev–Trinajstić information content (AvgIpc) is 2.75. The lowest BCUT2D eigenvalue weighted by Gasteiger charge is -2.17. The van der Waals surface area contributed by atoms with Crippen LogP contribution in [-0.4, -0.2) is 19.2 Å². The topological polar surface area (TPSA) is 71.1 Å². The third-order valence-corrected chi connectivity index (χ3v) is 3.19. The molecule has 2 atom stereocenters. The third kappa shape index (κ3) is 2.51. The van der Waals surface area contributed by atoms with Crippen LogP contribution in [0.1, 0.15) is 24.8 Å². The maximum Gasteiger partial charge on any atom is 0.143 e. The summed E-state index contributed by atoms with van der Waals surface area (Å²) in [5, 5.41) is 12.5. The van der Waals surface area contributed by atoms with Gasteiger partial charge in [-0.1, -0.05) is 6.07 Å². The zero-order chi connectivity index (χ0) is 12.3.